The fourth-order valence-corrected chi connectivity index (χ4v) is 4.02. The zero-order chi connectivity index (χ0) is 20.5. The van der Waals surface area contributed by atoms with Crippen LogP contribution in [0.25, 0.3) is 21.2 Å². The molecule has 9 heteroatoms. The van der Waals surface area contributed by atoms with Crippen molar-refractivity contribution < 1.29 is 18.9 Å². The minimum Gasteiger partial charge on any atom is -0.493 e. The lowest BCUT2D eigenvalue weighted by Gasteiger charge is -2.00. The number of carbonyl (C=O) groups is 1. The van der Waals surface area contributed by atoms with Gasteiger partial charge in [-0.15, -0.1) is 6.58 Å². The Morgan fingerprint density at radius 2 is 2.21 bits per heavy atom. The average molecular weight is 409 g/mol. The molecule has 4 rings (SSSR count). The van der Waals surface area contributed by atoms with Crippen LogP contribution in [-0.2, 0) is 6.54 Å². The van der Waals surface area contributed by atoms with Gasteiger partial charge in [-0.05, 0) is 18.2 Å². The number of amides is 1. The van der Waals surface area contributed by atoms with E-state index in [0.29, 0.717) is 28.2 Å². The number of ether oxygens (including phenoxy) is 1. The molecule has 2 aromatic heterocycles. The van der Waals surface area contributed by atoms with Crippen LogP contribution in [0.15, 0.2) is 64.5 Å². The molecule has 1 amide bonds. The number of nitro benzene ring substituents is 1. The number of thiazole rings is 1. The molecule has 2 aromatic carbocycles. The molecule has 0 unspecified atom stereocenters. The molecule has 0 fully saturated rings. The molecule has 0 spiro atoms. The summed E-state index contributed by atoms with van der Waals surface area (Å²) in [6.45, 7) is 4.07. The third kappa shape index (κ3) is 3.32. The Balaban J connectivity index is 1.85. The minimum atomic E-state index is -0.554. The summed E-state index contributed by atoms with van der Waals surface area (Å²) in [5.74, 6) is 0.0534. The maximum Gasteiger partial charge on any atom is 0.315 e. The topological polar surface area (TPSA) is 99.9 Å². The summed E-state index contributed by atoms with van der Waals surface area (Å²) in [5.41, 5.74) is 1.05. The summed E-state index contributed by atoms with van der Waals surface area (Å²) in [4.78, 5) is 28.0. The van der Waals surface area contributed by atoms with Crippen LogP contribution >= 0.6 is 11.3 Å². The Morgan fingerprint density at radius 1 is 1.38 bits per heavy atom. The van der Waals surface area contributed by atoms with Gasteiger partial charge in [0.2, 0.25) is 0 Å². The lowest BCUT2D eigenvalue weighted by molar-refractivity contribution is -0.384. The molecule has 0 saturated carbocycles. The first-order chi connectivity index (χ1) is 14.0. The summed E-state index contributed by atoms with van der Waals surface area (Å²) in [5, 5.41) is 11.8. The molecule has 146 valence electrons. The van der Waals surface area contributed by atoms with Crippen LogP contribution in [0.4, 0.5) is 5.69 Å². The van der Waals surface area contributed by atoms with Gasteiger partial charge in [0, 0.05) is 24.1 Å². The number of para-hydroxylation sites is 1. The van der Waals surface area contributed by atoms with E-state index < -0.39 is 10.8 Å². The van der Waals surface area contributed by atoms with Gasteiger partial charge in [0.25, 0.3) is 5.69 Å². The predicted octanol–water partition coefficient (Wildman–Crippen LogP) is 4.29. The number of furan rings is 1. The van der Waals surface area contributed by atoms with E-state index in [2.05, 4.69) is 11.6 Å². The second-order valence-corrected chi connectivity index (χ2v) is 7.11. The van der Waals surface area contributed by atoms with Crippen molar-refractivity contribution in [2.75, 3.05) is 7.11 Å². The molecule has 0 aliphatic heterocycles. The number of carbonyl (C=O) groups excluding carboxylic acids is 1. The lowest BCUT2D eigenvalue weighted by Crippen LogP contribution is -2.16. The molecule has 0 bridgehead atoms. The molecule has 0 aliphatic carbocycles. The van der Waals surface area contributed by atoms with Gasteiger partial charge in [0.1, 0.15) is 0 Å². The first-order valence-electron chi connectivity index (χ1n) is 8.56. The molecule has 0 radical (unpaired) electrons. The summed E-state index contributed by atoms with van der Waals surface area (Å²) in [7, 11) is 1.53. The van der Waals surface area contributed by atoms with Gasteiger partial charge in [-0.1, -0.05) is 29.5 Å². The third-order valence-electron chi connectivity index (χ3n) is 4.32. The number of aromatic nitrogens is 1. The molecule has 0 aliphatic rings. The molecule has 8 nitrogen and oxygen atoms in total. The smallest absolute Gasteiger partial charge is 0.315 e. The van der Waals surface area contributed by atoms with Crippen molar-refractivity contribution in [1.82, 2.24) is 4.57 Å². The maximum atomic E-state index is 12.7. The molecule has 29 heavy (non-hydrogen) atoms. The van der Waals surface area contributed by atoms with Crippen molar-refractivity contribution in [1.29, 1.82) is 0 Å². The largest absolute Gasteiger partial charge is 0.493 e. The molecule has 0 saturated heterocycles. The van der Waals surface area contributed by atoms with Crippen LogP contribution in [0.3, 0.4) is 0 Å². The zero-order valence-corrected chi connectivity index (χ0v) is 16.1. The van der Waals surface area contributed by atoms with Crippen molar-refractivity contribution >= 4 is 44.1 Å². The summed E-state index contributed by atoms with van der Waals surface area (Å²) < 4.78 is 13.4. The van der Waals surface area contributed by atoms with Crippen LogP contribution in [0.2, 0.25) is 0 Å². The van der Waals surface area contributed by atoms with E-state index in [1.54, 1.807) is 34.9 Å². The number of benzene rings is 2. The number of hydrogen-bond acceptors (Lipinski definition) is 6. The Kier molecular flexibility index (Phi) is 4.73. The number of rotatable bonds is 5. The van der Waals surface area contributed by atoms with Crippen LogP contribution in [0.1, 0.15) is 10.6 Å². The Labute approximate surface area is 168 Å². The molecule has 4 aromatic rings. The van der Waals surface area contributed by atoms with Gasteiger partial charge in [0.15, 0.2) is 21.9 Å². The van der Waals surface area contributed by atoms with E-state index in [9.17, 15) is 14.9 Å². The Morgan fingerprint density at radius 3 is 2.93 bits per heavy atom. The molecule has 0 N–H and O–H groups in total. The molecule has 0 atom stereocenters. The molecular weight excluding hydrogens is 394 g/mol. The highest BCUT2D eigenvalue weighted by atomic mass is 32.1. The Hall–Kier alpha value is -3.72. The number of nitrogens with zero attached hydrogens (tertiary/aromatic N) is 3. The number of allylic oxidation sites excluding steroid dienone is 1. The van der Waals surface area contributed by atoms with E-state index in [0.717, 1.165) is 10.1 Å². The fraction of sp³-hybridized carbons (Fsp3) is 0.100. The summed E-state index contributed by atoms with van der Waals surface area (Å²) in [6.07, 6.45) is 1.64. The minimum absolute atomic E-state index is 0.0321. The second-order valence-electron chi connectivity index (χ2n) is 6.10. The van der Waals surface area contributed by atoms with E-state index >= 15 is 0 Å². The van der Waals surface area contributed by atoms with Crippen molar-refractivity contribution in [3.8, 4) is 5.75 Å². The zero-order valence-electron chi connectivity index (χ0n) is 15.3. The second kappa shape index (κ2) is 7.36. The highest BCUT2D eigenvalue weighted by Crippen LogP contribution is 2.29. The summed E-state index contributed by atoms with van der Waals surface area (Å²) in [6, 6.07) is 11.5. The van der Waals surface area contributed by atoms with Crippen molar-refractivity contribution in [2.45, 2.75) is 6.54 Å². The standard InChI is InChI=1S/C20H15N3O5S/c1-3-9-22-14-11-13(23(25)26)7-8-17(14)29-20(22)21-19(24)16-10-12-5-4-6-15(27-2)18(12)28-16/h3-8,10-11H,1,9H2,2H3. The number of hydrogen-bond donors (Lipinski definition) is 0. The normalized spacial score (nSPS) is 11.8. The lowest BCUT2D eigenvalue weighted by atomic mass is 10.2. The van der Waals surface area contributed by atoms with E-state index in [-0.39, 0.29) is 11.4 Å². The Bertz CT molecular complexity index is 1350. The monoisotopic (exact) mass is 409 g/mol. The first kappa shape index (κ1) is 18.6. The highest BCUT2D eigenvalue weighted by molar-refractivity contribution is 7.16. The van der Waals surface area contributed by atoms with Gasteiger partial charge in [0.05, 0.1) is 22.2 Å². The highest BCUT2D eigenvalue weighted by Gasteiger charge is 2.16. The fourth-order valence-electron chi connectivity index (χ4n) is 3.01. The van der Waals surface area contributed by atoms with Gasteiger partial charge in [-0.3, -0.25) is 14.9 Å². The van der Waals surface area contributed by atoms with Crippen LogP contribution in [0, 0.1) is 10.1 Å². The van der Waals surface area contributed by atoms with Crippen LogP contribution in [-0.4, -0.2) is 22.5 Å². The van der Waals surface area contributed by atoms with E-state index in [4.69, 9.17) is 9.15 Å². The number of nitro groups is 1. The number of non-ortho nitro benzene ring substituents is 1. The van der Waals surface area contributed by atoms with Crippen molar-refractivity contribution in [2.24, 2.45) is 4.99 Å². The van der Waals surface area contributed by atoms with Gasteiger partial charge in [-0.25, -0.2) is 0 Å². The SMILES string of the molecule is C=CCn1c(=NC(=O)c2cc3cccc(OC)c3o2)sc2ccc([N+](=O)[O-])cc21. The van der Waals surface area contributed by atoms with Gasteiger partial charge >= 0.3 is 5.91 Å². The van der Waals surface area contributed by atoms with Crippen molar-refractivity contribution in [3.05, 3.63) is 75.8 Å². The van der Waals surface area contributed by atoms with Crippen LogP contribution in [0.5, 0.6) is 5.75 Å². The van der Waals surface area contributed by atoms with Crippen LogP contribution < -0.4 is 9.54 Å². The average Bonchev–Trinajstić information content (AvgIpc) is 3.29. The van der Waals surface area contributed by atoms with Crippen molar-refractivity contribution in [3.63, 3.8) is 0 Å². The summed E-state index contributed by atoms with van der Waals surface area (Å²) >= 11 is 1.26. The number of methoxy groups -OCH3 is 1. The third-order valence-corrected chi connectivity index (χ3v) is 5.38. The van der Waals surface area contributed by atoms with Gasteiger partial charge in [-0.2, -0.15) is 4.99 Å². The predicted molar refractivity (Wildman–Crippen MR) is 109 cm³/mol. The first-order valence-corrected chi connectivity index (χ1v) is 9.37. The van der Waals surface area contributed by atoms with E-state index in [1.807, 2.05) is 6.07 Å². The quantitative estimate of drug-likeness (QED) is 0.278. The van der Waals surface area contributed by atoms with Gasteiger partial charge < -0.3 is 13.7 Å². The molecular formula is C20H15N3O5S. The maximum absolute atomic E-state index is 12.7. The van der Waals surface area contributed by atoms with E-state index in [1.165, 1.54) is 30.6 Å². The number of fused-ring (bicyclic) bond motifs is 2. The molecule has 2 heterocycles.